The number of rotatable bonds is 6. The van der Waals surface area contributed by atoms with E-state index in [4.69, 9.17) is 55.5 Å². The first-order valence-corrected chi connectivity index (χ1v) is 10.3. The molecule has 0 fully saturated rings. The van der Waals surface area contributed by atoms with Crippen LogP contribution in [0.5, 0.6) is 11.5 Å². The second kappa shape index (κ2) is 8.21. The Morgan fingerprint density at radius 1 is 0.917 bits per heavy atom. The van der Waals surface area contributed by atoms with Gasteiger partial charge in [0.15, 0.2) is 0 Å². The van der Waals surface area contributed by atoms with Gasteiger partial charge in [-0.3, -0.25) is 0 Å². The van der Waals surface area contributed by atoms with Crippen molar-refractivity contribution in [3.05, 3.63) is 56.5 Å². The van der Waals surface area contributed by atoms with Gasteiger partial charge in [-0.1, -0.05) is 53.3 Å². The number of halogens is 4. The molecule has 24 heavy (non-hydrogen) atoms. The number of benzene rings is 2. The average molecular weight is 428 g/mol. The van der Waals surface area contributed by atoms with Crippen LogP contribution in [0.2, 0.25) is 20.1 Å². The minimum absolute atomic E-state index is 0.231. The molecule has 1 atom stereocenters. The van der Waals surface area contributed by atoms with Crippen molar-refractivity contribution in [1.29, 1.82) is 0 Å². The summed E-state index contributed by atoms with van der Waals surface area (Å²) in [7, 11) is -3.59. The normalized spacial score (nSPS) is 12.8. The average Bonchev–Trinajstić information content (AvgIpc) is 2.52. The SMILES string of the molecule is CCC(C)P(=O)(Oc1ccc(Cl)cc1Cl)Oc1ccc(Cl)cc1Cl. The van der Waals surface area contributed by atoms with Crippen molar-refractivity contribution in [3.63, 3.8) is 0 Å². The molecule has 2 aromatic rings. The highest BCUT2D eigenvalue weighted by molar-refractivity contribution is 7.55. The van der Waals surface area contributed by atoms with Gasteiger partial charge in [-0.05, 0) is 49.7 Å². The van der Waals surface area contributed by atoms with E-state index in [-0.39, 0.29) is 27.2 Å². The molecule has 0 aliphatic rings. The van der Waals surface area contributed by atoms with E-state index in [0.29, 0.717) is 16.5 Å². The fraction of sp³-hybridized carbons (Fsp3) is 0.250. The molecule has 3 nitrogen and oxygen atoms in total. The van der Waals surface area contributed by atoms with Gasteiger partial charge in [-0.2, -0.15) is 0 Å². The van der Waals surface area contributed by atoms with Crippen molar-refractivity contribution in [1.82, 2.24) is 0 Å². The van der Waals surface area contributed by atoms with Gasteiger partial charge < -0.3 is 9.05 Å². The van der Waals surface area contributed by atoms with Gasteiger partial charge in [0.05, 0.1) is 15.7 Å². The molecule has 0 aliphatic carbocycles. The Kier molecular flexibility index (Phi) is 6.75. The van der Waals surface area contributed by atoms with Gasteiger partial charge in [-0.25, -0.2) is 4.57 Å². The summed E-state index contributed by atoms with van der Waals surface area (Å²) in [6, 6.07) is 9.31. The van der Waals surface area contributed by atoms with E-state index in [9.17, 15) is 4.57 Å². The van der Waals surface area contributed by atoms with Crippen LogP contribution in [0.3, 0.4) is 0 Å². The zero-order valence-corrected chi connectivity index (χ0v) is 16.9. The fourth-order valence-electron chi connectivity index (χ4n) is 1.79. The molecule has 0 aliphatic heterocycles. The minimum Gasteiger partial charge on any atom is -0.414 e. The summed E-state index contributed by atoms with van der Waals surface area (Å²) in [4.78, 5) is 0. The standard InChI is InChI=1S/C16H15Cl4O3P/c1-3-10(2)24(21,22-15-6-4-11(17)8-13(15)19)23-16-7-5-12(18)9-14(16)20/h4-10H,3H2,1-2H3. The lowest BCUT2D eigenvalue weighted by Gasteiger charge is -2.25. The van der Waals surface area contributed by atoms with E-state index < -0.39 is 7.60 Å². The Bertz CT molecular complexity index is 724. The van der Waals surface area contributed by atoms with Crippen LogP contribution in [0.15, 0.2) is 36.4 Å². The second-order valence-corrected chi connectivity index (χ2v) is 9.14. The van der Waals surface area contributed by atoms with Gasteiger partial charge >= 0.3 is 7.60 Å². The predicted molar refractivity (Wildman–Crippen MR) is 102 cm³/mol. The lowest BCUT2D eigenvalue weighted by atomic mass is 10.3. The zero-order valence-electron chi connectivity index (χ0n) is 12.9. The molecular weight excluding hydrogens is 413 g/mol. The Hall–Kier alpha value is -0.570. The molecule has 0 radical (unpaired) electrons. The summed E-state index contributed by atoms with van der Waals surface area (Å²) < 4.78 is 24.7. The fourth-order valence-corrected chi connectivity index (χ4v) is 4.51. The predicted octanol–water partition coefficient (Wildman–Crippen LogP) is 7.75. The molecule has 0 spiro atoms. The largest absolute Gasteiger partial charge is 0.433 e. The smallest absolute Gasteiger partial charge is 0.414 e. The molecular formula is C16H15Cl4O3P. The van der Waals surface area contributed by atoms with Crippen molar-refractivity contribution >= 4 is 54.0 Å². The highest BCUT2D eigenvalue weighted by Crippen LogP contribution is 2.55. The molecule has 2 aromatic carbocycles. The summed E-state index contributed by atoms with van der Waals surface area (Å²) >= 11 is 24.0. The quantitative estimate of drug-likeness (QED) is 0.442. The Morgan fingerprint density at radius 2 is 1.33 bits per heavy atom. The van der Waals surface area contributed by atoms with Crippen LogP contribution in [0, 0.1) is 0 Å². The summed E-state index contributed by atoms with van der Waals surface area (Å²) in [5.74, 6) is 0.463. The maximum absolute atomic E-state index is 13.3. The summed E-state index contributed by atoms with van der Waals surface area (Å²) in [6.07, 6.45) is 0.577. The van der Waals surface area contributed by atoms with Gasteiger partial charge in [0.1, 0.15) is 11.5 Å². The molecule has 0 aromatic heterocycles. The van der Waals surface area contributed by atoms with Crippen molar-refractivity contribution in [3.8, 4) is 11.5 Å². The molecule has 0 amide bonds. The molecule has 0 saturated carbocycles. The lowest BCUT2D eigenvalue weighted by molar-refractivity contribution is 0.372. The zero-order chi connectivity index (χ0) is 17.9. The van der Waals surface area contributed by atoms with Crippen LogP contribution in [0.1, 0.15) is 20.3 Å². The molecule has 0 heterocycles. The van der Waals surface area contributed by atoms with Crippen molar-refractivity contribution in [2.45, 2.75) is 25.9 Å². The monoisotopic (exact) mass is 426 g/mol. The molecule has 0 N–H and O–H groups in total. The Morgan fingerprint density at radius 3 is 1.67 bits per heavy atom. The molecule has 0 bridgehead atoms. The first-order valence-electron chi connectivity index (χ1n) is 7.14. The van der Waals surface area contributed by atoms with Crippen LogP contribution in [0.4, 0.5) is 0 Å². The van der Waals surface area contributed by atoms with E-state index in [0.717, 1.165) is 0 Å². The van der Waals surface area contributed by atoms with Crippen LogP contribution in [-0.4, -0.2) is 5.66 Å². The summed E-state index contributed by atoms with van der Waals surface area (Å²) in [5, 5.41) is 1.40. The molecule has 1 unspecified atom stereocenters. The lowest BCUT2D eigenvalue weighted by Crippen LogP contribution is -2.13. The third-order valence-electron chi connectivity index (χ3n) is 3.37. The highest BCUT2D eigenvalue weighted by Gasteiger charge is 2.36. The first-order chi connectivity index (χ1) is 11.2. The van der Waals surface area contributed by atoms with Gasteiger partial charge in [-0.15, -0.1) is 0 Å². The van der Waals surface area contributed by atoms with E-state index in [2.05, 4.69) is 0 Å². The summed E-state index contributed by atoms with van der Waals surface area (Å²) in [5.41, 5.74) is -0.379. The van der Waals surface area contributed by atoms with E-state index in [1.807, 2.05) is 6.92 Å². The van der Waals surface area contributed by atoms with E-state index in [1.54, 1.807) is 31.2 Å². The second-order valence-electron chi connectivity index (χ2n) is 5.13. The Balaban J connectivity index is 2.37. The minimum atomic E-state index is -3.59. The first kappa shape index (κ1) is 19.8. The maximum atomic E-state index is 13.3. The maximum Gasteiger partial charge on any atom is 0.433 e. The number of hydrogen-bond acceptors (Lipinski definition) is 3. The van der Waals surface area contributed by atoms with Crippen LogP contribution >= 0.6 is 54.0 Å². The van der Waals surface area contributed by atoms with Gasteiger partial charge in [0.2, 0.25) is 0 Å². The van der Waals surface area contributed by atoms with Crippen LogP contribution in [0.25, 0.3) is 0 Å². The van der Waals surface area contributed by atoms with E-state index >= 15 is 0 Å². The number of hydrogen-bond donors (Lipinski definition) is 0. The Labute approximate surface area is 161 Å². The van der Waals surface area contributed by atoms with Crippen molar-refractivity contribution in [2.24, 2.45) is 0 Å². The molecule has 2 rings (SSSR count). The van der Waals surface area contributed by atoms with Crippen LogP contribution in [-0.2, 0) is 4.57 Å². The van der Waals surface area contributed by atoms with E-state index in [1.165, 1.54) is 12.1 Å². The molecule has 0 saturated heterocycles. The third-order valence-corrected chi connectivity index (χ3v) is 6.78. The highest BCUT2D eigenvalue weighted by atomic mass is 35.5. The van der Waals surface area contributed by atoms with Crippen molar-refractivity contribution < 1.29 is 13.6 Å². The molecule has 8 heteroatoms. The summed E-state index contributed by atoms with van der Waals surface area (Å²) in [6.45, 7) is 3.66. The topological polar surface area (TPSA) is 35.5 Å². The molecule has 130 valence electrons. The van der Waals surface area contributed by atoms with Crippen LogP contribution < -0.4 is 9.05 Å². The van der Waals surface area contributed by atoms with Gasteiger partial charge in [0, 0.05) is 10.0 Å². The third kappa shape index (κ3) is 4.74. The van der Waals surface area contributed by atoms with Gasteiger partial charge in [0.25, 0.3) is 0 Å². The van der Waals surface area contributed by atoms with Crippen molar-refractivity contribution in [2.75, 3.05) is 0 Å².